The molecule has 0 aliphatic carbocycles. The molecule has 0 aliphatic rings. The summed E-state index contributed by atoms with van der Waals surface area (Å²) in [6.45, 7) is 4.00. The van der Waals surface area contributed by atoms with E-state index in [0.717, 1.165) is 5.56 Å². The van der Waals surface area contributed by atoms with Gasteiger partial charge >= 0.3 is 5.97 Å². The van der Waals surface area contributed by atoms with Gasteiger partial charge in [0, 0.05) is 18.2 Å². The Kier molecular flexibility index (Phi) is 6.12. The van der Waals surface area contributed by atoms with Gasteiger partial charge in [-0.3, -0.25) is 14.3 Å². The molecule has 1 heterocycles. The van der Waals surface area contributed by atoms with E-state index in [2.05, 4.69) is 5.10 Å². The minimum atomic E-state index is -0.545. The number of esters is 1. The average molecular weight is 330 g/mol. The summed E-state index contributed by atoms with van der Waals surface area (Å²) in [7, 11) is 1.57. The summed E-state index contributed by atoms with van der Waals surface area (Å²) in [5, 5.41) is 4.24. The maximum atomic E-state index is 12.9. The largest absolute Gasteiger partial charge is 0.497 e. The van der Waals surface area contributed by atoms with E-state index in [4.69, 9.17) is 9.47 Å². The summed E-state index contributed by atoms with van der Waals surface area (Å²) in [4.78, 5) is 24.5. The predicted molar refractivity (Wildman–Crippen MR) is 89.2 cm³/mol. The topological polar surface area (TPSA) is 70.4 Å². The Hall–Kier alpha value is -2.63. The van der Waals surface area contributed by atoms with Gasteiger partial charge in [-0.05, 0) is 50.1 Å². The zero-order valence-corrected chi connectivity index (χ0v) is 14.2. The van der Waals surface area contributed by atoms with Crippen LogP contribution in [0.4, 0.5) is 0 Å². The minimum absolute atomic E-state index is 0.0925. The van der Waals surface area contributed by atoms with Gasteiger partial charge in [-0.2, -0.15) is 5.10 Å². The lowest BCUT2D eigenvalue weighted by Crippen LogP contribution is -2.22. The zero-order chi connectivity index (χ0) is 17.5. The number of carbonyl (C=O) groups excluding carboxylic acids is 2. The van der Waals surface area contributed by atoms with Gasteiger partial charge in [0.05, 0.1) is 19.9 Å². The first-order valence-corrected chi connectivity index (χ1v) is 7.89. The maximum Gasteiger partial charge on any atom is 0.305 e. The highest BCUT2D eigenvalue weighted by Crippen LogP contribution is 2.22. The van der Waals surface area contributed by atoms with E-state index in [1.807, 2.05) is 6.92 Å². The number of ether oxygens (including phenoxy) is 2. The van der Waals surface area contributed by atoms with E-state index in [1.54, 1.807) is 55.4 Å². The number of nitrogens with zero attached hydrogens (tertiary/aromatic N) is 2. The molecule has 0 bridgehead atoms. The molecule has 0 saturated carbocycles. The fourth-order valence-corrected chi connectivity index (χ4v) is 2.42. The Balaban J connectivity index is 2.20. The Morgan fingerprint density at radius 1 is 1.25 bits per heavy atom. The van der Waals surface area contributed by atoms with Crippen molar-refractivity contribution in [3.05, 3.63) is 47.8 Å². The first-order valence-electron chi connectivity index (χ1n) is 7.89. The van der Waals surface area contributed by atoms with Crippen molar-refractivity contribution in [1.29, 1.82) is 0 Å². The van der Waals surface area contributed by atoms with Crippen LogP contribution in [0.1, 0.15) is 41.7 Å². The normalized spacial score (nSPS) is 11.8. The molecular formula is C18H22N2O4. The fraction of sp³-hybridized carbons (Fsp3) is 0.389. The number of methoxy groups -OCH3 is 1. The van der Waals surface area contributed by atoms with Crippen molar-refractivity contribution in [2.45, 2.75) is 32.7 Å². The third-order valence-corrected chi connectivity index (χ3v) is 3.65. The van der Waals surface area contributed by atoms with Crippen LogP contribution in [0.5, 0.6) is 5.75 Å². The molecule has 1 atom stereocenters. The molecule has 1 aromatic heterocycles. The quantitative estimate of drug-likeness (QED) is 0.550. The fourth-order valence-electron chi connectivity index (χ4n) is 2.42. The predicted octanol–water partition coefficient (Wildman–Crippen LogP) is 2.97. The van der Waals surface area contributed by atoms with Gasteiger partial charge in [0.2, 0.25) is 0 Å². The first-order chi connectivity index (χ1) is 11.5. The van der Waals surface area contributed by atoms with E-state index in [9.17, 15) is 9.59 Å². The van der Waals surface area contributed by atoms with Crippen molar-refractivity contribution < 1.29 is 19.1 Å². The smallest absolute Gasteiger partial charge is 0.305 e. The third kappa shape index (κ3) is 4.44. The number of aryl methyl sites for hydroxylation is 1. The SMILES string of the molecule is CCOC(=O)CCC(C(=O)c1ccc(OC)cc1)n1cc(C)cn1. The van der Waals surface area contributed by atoms with Crippen LogP contribution in [-0.4, -0.2) is 35.2 Å². The van der Waals surface area contributed by atoms with Gasteiger partial charge in [-0.15, -0.1) is 0 Å². The molecule has 0 saturated heterocycles. The summed E-state index contributed by atoms with van der Waals surface area (Å²) >= 11 is 0. The second kappa shape index (κ2) is 8.29. The number of ketones is 1. The summed E-state index contributed by atoms with van der Waals surface area (Å²) in [6, 6.07) is 6.37. The number of Topliss-reactive ketones (excluding diaryl/α,β-unsaturated/α-hetero) is 1. The van der Waals surface area contributed by atoms with E-state index < -0.39 is 6.04 Å². The van der Waals surface area contributed by atoms with Crippen molar-refractivity contribution >= 4 is 11.8 Å². The van der Waals surface area contributed by atoms with Crippen LogP contribution >= 0.6 is 0 Å². The second-order valence-electron chi connectivity index (χ2n) is 5.45. The molecule has 6 heteroatoms. The first kappa shape index (κ1) is 17.7. The molecule has 0 radical (unpaired) electrons. The van der Waals surface area contributed by atoms with Crippen LogP contribution in [0.15, 0.2) is 36.7 Å². The number of hydrogen-bond donors (Lipinski definition) is 0. The number of benzene rings is 1. The Morgan fingerprint density at radius 2 is 1.96 bits per heavy atom. The molecule has 2 aromatic rings. The van der Waals surface area contributed by atoms with Gasteiger partial charge < -0.3 is 9.47 Å². The highest BCUT2D eigenvalue weighted by atomic mass is 16.5. The van der Waals surface area contributed by atoms with Crippen molar-refractivity contribution in [3.63, 3.8) is 0 Å². The zero-order valence-electron chi connectivity index (χ0n) is 14.2. The molecule has 0 aliphatic heterocycles. The Bertz CT molecular complexity index is 691. The molecule has 2 rings (SSSR count). The van der Waals surface area contributed by atoms with Crippen molar-refractivity contribution in [2.75, 3.05) is 13.7 Å². The number of rotatable bonds is 8. The van der Waals surface area contributed by atoms with Gasteiger partial charge in [0.25, 0.3) is 0 Å². The molecule has 128 valence electrons. The molecule has 0 amide bonds. The molecule has 6 nitrogen and oxygen atoms in total. The molecule has 0 fully saturated rings. The lowest BCUT2D eigenvalue weighted by Gasteiger charge is -2.16. The van der Waals surface area contributed by atoms with Gasteiger partial charge in [-0.1, -0.05) is 0 Å². The monoisotopic (exact) mass is 330 g/mol. The van der Waals surface area contributed by atoms with E-state index in [-0.39, 0.29) is 18.2 Å². The molecule has 0 N–H and O–H groups in total. The van der Waals surface area contributed by atoms with E-state index in [0.29, 0.717) is 24.3 Å². The van der Waals surface area contributed by atoms with E-state index in [1.165, 1.54) is 0 Å². The second-order valence-corrected chi connectivity index (χ2v) is 5.45. The molecule has 24 heavy (non-hydrogen) atoms. The van der Waals surface area contributed by atoms with Crippen molar-refractivity contribution in [2.24, 2.45) is 0 Å². The number of hydrogen-bond acceptors (Lipinski definition) is 5. The van der Waals surface area contributed by atoms with Crippen molar-refractivity contribution in [1.82, 2.24) is 9.78 Å². The van der Waals surface area contributed by atoms with Crippen LogP contribution in [-0.2, 0) is 9.53 Å². The maximum absolute atomic E-state index is 12.9. The van der Waals surface area contributed by atoms with E-state index >= 15 is 0 Å². The van der Waals surface area contributed by atoms with Crippen LogP contribution in [0.3, 0.4) is 0 Å². The molecule has 0 spiro atoms. The Morgan fingerprint density at radius 3 is 2.50 bits per heavy atom. The number of aromatic nitrogens is 2. The van der Waals surface area contributed by atoms with Crippen LogP contribution in [0, 0.1) is 6.92 Å². The average Bonchev–Trinajstić information content (AvgIpc) is 3.01. The summed E-state index contributed by atoms with van der Waals surface area (Å²) in [5.41, 5.74) is 1.51. The van der Waals surface area contributed by atoms with Gasteiger partial charge in [-0.25, -0.2) is 0 Å². The number of carbonyl (C=O) groups is 2. The molecule has 1 aromatic carbocycles. The summed E-state index contributed by atoms with van der Waals surface area (Å²) < 4.78 is 11.7. The summed E-state index contributed by atoms with van der Waals surface area (Å²) in [6.07, 6.45) is 4.00. The van der Waals surface area contributed by atoms with Gasteiger partial charge in [0.15, 0.2) is 5.78 Å². The van der Waals surface area contributed by atoms with Crippen LogP contribution in [0.2, 0.25) is 0 Å². The third-order valence-electron chi connectivity index (χ3n) is 3.65. The standard InChI is InChI=1S/C18H22N2O4/c1-4-24-17(21)10-9-16(20-12-13(2)11-19-20)18(22)14-5-7-15(23-3)8-6-14/h5-8,11-12,16H,4,9-10H2,1-3H3. The lowest BCUT2D eigenvalue weighted by atomic mass is 10.00. The van der Waals surface area contributed by atoms with Crippen molar-refractivity contribution in [3.8, 4) is 5.75 Å². The Labute approximate surface area is 141 Å². The minimum Gasteiger partial charge on any atom is -0.497 e. The summed E-state index contributed by atoms with van der Waals surface area (Å²) in [5.74, 6) is 0.281. The van der Waals surface area contributed by atoms with Crippen LogP contribution in [0.25, 0.3) is 0 Å². The lowest BCUT2D eigenvalue weighted by molar-refractivity contribution is -0.143. The van der Waals surface area contributed by atoms with Crippen LogP contribution < -0.4 is 4.74 Å². The molecule has 1 unspecified atom stereocenters. The van der Waals surface area contributed by atoms with Gasteiger partial charge in [0.1, 0.15) is 11.8 Å². The molecular weight excluding hydrogens is 308 g/mol. The highest BCUT2D eigenvalue weighted by molar-refractivity contribution is 5.99. The highest BCUT2D eigenvalue weighted by Gasteiger charge is 2.24.